The van der Waals surface area contributed by atoms with Crippen molar-refractivity contribution in [3.63, 3.8) is 0 Å². The summed E-state index contributed by atoms with van der Waals surface area (Å²) in [5.41, 5.74) is 3.57. The summed E-state index contributed by atoms with van der Waals surface area (Å²) in [6.07, 6.45) is 3.82. The number of piperidine rings is 1. The maximum Gasteiger partial charge on any atom is 0.251 e. The molecule has 0 unspecified atom stereocenters. The van der Waals surface area contributed by atoms with E-state index in [4.69, 9.17) is 0 Å². The molecule has 0 saturated carbocycles. The van der Waals surface area contributed by atoms with Crippen molar-refractivity contribution in [2.45, 2.75) is 25.8 Å². The number of fused-ring (bicyclic) bond motifs is 1. The second-order valence-corrected chi connectivity index (χ2v) is 7.46. The van der Waals surface area contributed by atoms with Crippen LogP contribution in [-0.2, 0) is 0 Å². The molecular weight excluding hydrogens is 350 g/mol. The quantitative estimate of drug-likeness (QED) is 0.730. The largest absolute Gasteiger partial charge is 0.349 e. The van der Waals surface area contributed by atoms with Crippen LogP contribution in [0.3, 0.4) is 0 Å². The molecule has 1 aliphatic rings. The number of anilines is 2. The Morgan fingerprint density at radius 1 is 1.11 bits per heavy atom. The fourth-order valence-electron chi connectivity index (χ4n) is 3.52. The van der Waals surface area contributed by atoms with E-state index in [9.17, 15) is 4.79 Å². The molecule has 144 valence electrons. The number of para-hydroxylation sites is 1. The maximum absolute atomic E-state index is 12.5. The summed E-state index contributed by atoms with van der Waals surface area (Å²) in [4.78, 5) is 23.8. The molecule has 2 heterocycles. The highest BCUT2D eigenvalue weighted by molar-refractivity contribution is 5.94. The van der Waals surface area contributed by atoms with Crippen LogP contribution in [0.15, 0.2) is 48.7 Å². The van der Waals surface area contributed by atoms with Crippen molar-refractivity contribution in [3.05, 3.63) is 59.8 Å². The average Bonchev–Trinajstić information content (AvgIpc) is 2.71. The van der Waals surface area contributed by atoms with Crippen LogP contribution in [0.4, 0.5) is 11.6 Å². The third-order valence-corrected chi connectivity index (χ3v) is 5.27. The number of nitrogens with zero attached hydrogens (tertiary/aromatic N) is 3. The minimum absolute atomic E-state index is 0.0151. The fourth-order valence-corrected chi connectivity index (χ4v) is 3.52. The van der Waals surface area contributed by atoms with Gasteiger partial charge in [0.25, 0.3) is 5.91 Å². The zero-order valence-corrected chi connectivity index (χ0v) is 16.3. The molecular formula is C22H25N5O. The Morgan fingerprint density at radius 3 is 2.61 bits per heavy atom. The minimum Gasteiger partial charge on any atom is -0.349 e. The van der Waals surface area contributed by atoms with Crippen LogP contribution in [-0.4, -0.2) is 47.0 Å². The van der Waals surface area contributed by atoms with Gasteiger partial charge in [0.05, 0.1) is 5.52 Å². The number of aryl methyl sites for hydroxylation is 1. The molecule has 3 aromatic rings. The Kier molecular flexibility index (Phi) is 5.21. The summed E-state index contributed by atoms with van der Waals surface area (Å²) in [5.74, 6) is 0.531. The summed E-state index contributed by atoms with van der Waals surface area (Å²) in [6.45, 7) is 4.09. The van der Waals surface area contributed by atoms with Crippen molar-refractivity contribution in [1.29, 1.82) is 0 Å². The molecule has 0 spiro atoms. The Morgan fingerprint density at radius 2 is 1.86 bits per heavy atom. The van der Waals surface area contributed by atoms with Gasteiger partial charge in [-0.05, 0) is 69.7 Å². The van der Waals surface area contributed by atoms with Crippen LogP contribution in [0.2, 0.25) is 0 Å². The van der Waals surface area contributed by atoms with Crippen LogP contribution < -0.4 is 10.6 Å². The Balaban J connectivity index is 1.42. The smallest absolute Gasteiger partial charge is 0.251 e. The molecule has 1 fully saturated rings. The molecule has 1 aliphatic heterocycles. The molecule has 4 rings (SSSR count). The summed E-state index contributed by atoms with van der Waals surface area (Å²) in [5, 5.41) is 7.38. The number of carbonyl (C=O) groups excluding carboxylic acids is 1. The zero-order chi connectivity index (χ0) is 19.5. The first-order valence-electron chi connectivity index (χ1n) is 9.67. The second kappa shape index (κ2) is 7.94. The lowest BCUT2D eigenvalue weighted by Gasteiger charge is -2.29. The molecule has 1 amide bonds. The second-order valence-electron chi connectivity index (χ2n) is 7.46. The Labute approximate surface area is 165 Å². The molecule has 0 radical (unpaired) electrons. The van der Waals surface area contributed by atoms with Crippen LogP contribution >= 0.6 is 0 Å². The van der Waals surface area contributed by atoms with E-state index in [1.807, 2.05) is 55.6 Å². The molecule has 2 aromatic carbocycles. The van der Waals surface area contributed by atoms with Gasteiger partial charge >= 0.3 is 0 Å². The highest BCUT2D eigenvalue weighted by Gasteiger charge is 2.19. The first-order valence-corrected chi connectivity index (χ1v) is 9.67. The van der Waals surface area contributed by atoms with E-state index < -0.39 is 0 Å². The van der Waals surface area contributed by atoms with E-state index in [2.05, 4.69) is 32.5 Å². The number of likely N-dealkylation sites (tertiary alicyclic amines) is 1. The van der Waals surface area contributed by atoms with Gasteiger partial charge in [-0.1, -0.05) is 18.2 Å². The third-order valence-electron chi connectivity index (χ3n) is 5.27. The molecule has 6 heteroatoms. The van der Waals surface area contributed by atoms with E-state index >= 15 is 0 Å². The topological polar surface area (TPSA) is 70.2 Å². The van der Waals surface area contributed by atoms with Gasteiger partial charge in [-0.3, -0.25) is 4.79 Å². The van der Waals surface area contributed by atoms with Gasteiger partial charge < -0.3 is 15.5 Å². The Bertz CT molecular complexity index is 978. The van der Waals surface area contributed by atoms with Crippen LogP contribution in [0.1, 0.15) is 28.8 Å². The predicted molar refractivity (Wildman–Crippen MR) is 112 cm³/mol. The molecule has 0 bridgehead atoms. The third kappa shape index (κ3) is 4.12. The number of amides is 1. The summed E-state index contributed by atoms with van der Waals surface area (Å²) < 4.78 is 0. The normalized spacial score (nSPS) is 15.5. The molecule has 0 atom stereocenters. The van der Waals surface area contributed by atoms with E-state index in [1.165, 1.54) is 0 Å². The van der Waals surface area contributed by atoms with Gasteiger partial charge in [0.2, 0.25) is 5.95 Å². The monoisotopic (exact) mass is 375 g/mol. The van der Waals surface area contributed by atoms with Gasteiger partial charge in [0, 0.05) is 28.9 Å². The molecule has 28 heavy (non-hydrogen) atoms. The number of nitrogens with one attached hydrogen (secondary N) is 2. The number of benzene rings is 2. The SMILES string of the molecule is Cc1cccc2cnc(Nc3ccc(C(=O)NC4CCN(C)CC4)cc3)nc12. The number of hydrogen-bond donors (Lipinski definition) is 2. The molecule has 0 aliphatic carbocycles. The van der Waals surface area contributed by atoms with Crippen molar-refractivity contribution in [1.82, 2.24) is 20.2 Å². The van der Waals surface area contributed by atoms with Gasteiger partial charge in [-0.25, -0.2) is 9.97 Å². The molecule has 1 aromatic heterocycles. The summed E-state index contributed by atoms with van der Waals surface area (Å²) in [6, 6.07) is 13.7. The van der Waals surface area contributed by atoms with Gasteiger partial charge in [-0.2, -0.15) is 0 Å². The number of rotatable bonds is 4. The van der Waals surface area contributed by atoms with Crippen LogP contribution in [0.5, 0.6) is 0 Å². The maximum atomic E-state index is 12.5. The standard InChI is InChI=1S/C22H25N5O/c1-15-4-3-5-17-14-23-22(26-20(15)17)25-18-8-6-16(7-9-18)21(28)24-19-10-12-27(2)13-11-19/h3-9,14,19H,10-13H2,1-2H3,(H,24,28)(H,23,25,26). The number of aromatic nitrogens is 2. The lowest BCUT2D eigenvalue weighted by Crippen LogP contribution is -2.43. The highest BCUT2D eigenvalue weighted by atomic mass is 16.1. The Hall–Kier alpha value is -2.99. The zero-order valence-electron chi connectivity index (χ0n) is 16.3. The van der Waals surface area contributed by atoms with Crippen molar-refractivity contribution >= 4 is 28.4 Å². The van der Waals surface area contributed by atoms with E-state index in [0.29, 0.717) is 11.5 Å². The molecule has 6 nitrogen and oxygen atoms in total. The fraction of sp³-hybridized carbons (Fsp3) is 0.318. The van der Waals surface area contributed by atoms with Crippen molar-refractivity contribution < 1.29 is 4.79 Å². The van der Waals surface area contributed by atoms with Crippen molar-refractivity contribution in [2.75, 3.05) is 25.5 Å². The van der Waals surface area contributed by atoms with E-state index in [1.54, 1.807) is 0 Å². The molecule has 1 saturated heterocycles. The summed E-state index contributed by atoms with van der Waals surface area (Å²) >= 11 is 0. The minimum atomic E-state index is -0.0151. The summed E-state index contributed by atoms with van der Waals surface area (Å²) in [7, 11) is 2.12. The van der Waals surface area contributed by atoms with Crippen LogP contribution in [0.25, 0.3) is 10.9 Å². The van der Waals surface area contributed by atoms with Crippen molar-refractivity contribution in [3.8, 4) is 0 Å². The predicted octanol–water partition coefficient (Wildman–Crippen LogP) is 3.51. The molecule has 2 N–H and O–H groups in total. The van der Waals surface area contributed by atoms with E-state index in [-0.39, 0.29) is 11.9 Å². The average molecular weight is 375 g/mol. The number of hydrogen-bond acceptors (Lipinski definition) is 5. The van der Waals surface area contributed by atoms with Crippen LogP contribution in [0, 0.1) is 6.92 Å². The lowest BCUT2D eigenvalue weighted by molar-refractivity contribution is 0.0917. The van der Waals surface area contributed by atoms with E-state index in [0.717, 1.165) is 48.1 Å². The first-order chi connectivity index (χ1) is 13.6. The van der Waals surface area contributed by atoms with Gasteiger partial charge in [0.15, 0.2) is 0 Å². The highest BCUT2D eigenvalue weighted by Crippen LogP contribution is 2.19. The van der Waals surface area contributed by atoms with Gasteiger partial charge in [-0.15, -0.1) is 0 Å². The first kappa shape index (κ1) is 18.4. The lowest BCUT2D eigenvalue weighted by atomic mass is 10.0. The number of carbonyl (C=O) groups is 1. The van der Waals surface area contributed by atoms with Gasteiger partial charge in [0.1, 0.15) is 0 Å². The van der Waals surface area contributed by atoms with Crippen molar-refractivity contribution in [2.24, 2.45) is 0 Å².